The Morgan fingerprint density at radius 1 is 1.17 bits per heavy atom. The van der Waals surface area contributed by atoms with Crippen LogP contribution in [0.15, 0.2) is 36.7 Å². The molecule has 1 saturated carbocycles. The van der Waals surface area contributed by atoms with Crippen molar-refractivity contribution in [2.75, 3.05) is 11.1 Å². The maximum Gasteiger partial charge on any atom is 0.573 e. The van der Waals surface area contributed by atoms with E-state index in [1.165, 1.54) is 18.2 Å². The average Bonchev–Trinajstić information content (AvgIpc) is 3.10. The van der Waals surface area contributed by atoms with Gasteiger partial charge in [-0.15, -0.1) is 18.3 Å². The van der Waals surface area contributed by atoms with Gasteiger partial charge in [0.1, 0.15) is 11.6 Å². The van der Waals surface area contributed by atoms with Gasteiger partial charge in [-0.3, -0.25) is 0 Å². The zero-order chi connectivity index (χ0) is 20.6. The zero-order valence-electron chi connectivity index (χ0n) is 15.5. The minimum atomic E-state index is -4.76. The van der Waals surface area contributed by atoms with Crippen LogP contribution in [0.3, 0.4) is 0 Å². The summed E-state index contributed by atoms with van der Waals surface area (Å²) in [6.07, 6.45) is 1.96. The van der Waals surface area contributed by atoms with Crippen molar-refractivity contribution in [2.24, 2.45) is 5.73 Å². The number of fused-ring (bicyclic) bond motifs is 1. The summed E-state index contributed by atoms with van der Waals surface area (Å²) in [6.45, 7) is 0. The van der Waals surface area contributed by atoms with Gasteiger partial charge in [0.05, 0.1) is 5.69 Å². The fourth-order valence-electron chi connectivity index (χ4n) is 3.83. The second-order valence-corrected chi connectivity index (χ2v) is 7.18. The van der Waals surface area contributed by atoms with Gasteiger partial charge >= 0.3 is 6.36 Å². The molecule has 0 amide bonds. The number of imidazole rings is 1. The van der Waals surface area contributed by atoms with Crippen molar-refractivity contribution in [3.8, 4) is 5.75 Å². The molecule has 1 aliphatic rings. The number of halogens is 3. The van der Waals surface area contributed by atoms with E-state index in [1.54, 1.807) is 23.0 Å². The van der Waals surface area contributed by atoms with Gasteiger partial charge in [-0.25, -0.2) is 9.50 Å². The Hall–Kier alpha value is -3.01. The van der Waals surface area contributed by atoms with Crippen LogP contribution in [0.2, 0.25) is 0 Å². The topological polar surface area (TPSA) is 103 Å². The molecule has 0 saturated heterocycles. The van der Waals surface area contributed by atoms with Crippen LogP contribution in [-0.2, 0) is 0 Å². The summed E-state index contributed by atoms with van der Waals surface area (Å²) in [5, 5.41) is 7.58. The number of hydrogen-bond acceptors (Lipinski definition) is 6. The predicted molar refractivity (Wildman–Crippen MR) is 103 cm³/mol. The van der Waals surface area contributed by atoms with Gasteiger partial charge in [-0.1, -0.05) is 6.07 Å². The van der Waals surface area contributed by atoms with Crippen molar-refractivity contribution in [1.82, 2.24) is 14.6 Å². The van der Waals surface area contributed by atoms with Crippen molar-refractivity contribution < 1.29 is 17.9 Å². The maximum absolute atomic E-state index is 12.6. The first-order valence-electron chi connectivity index (χ1n) is 9.31. The smallest absolute Gasteiger partial charge is 0.406 e. The molecule has 5 N–H and O–H groups in total. The molecule has 10 heteroatoms. The minimum absolute atomic E-state index is 0.140. The molecule has 29 heavy (non-hydrogen) atoms. The molecule has 0 bridgehead atoms. The summed E-state index contributed by atoms with van der Waals surface area (Å²) in [5.74, 6) is 0.191. The van der Waals surface area contributed by atoms with Gasteiger partial charge in [0.25, 0.3) is 0 Å². The molecule has 0 atom stereocenters. The molecule has 154 valence electrons. The third-order valence-electron chi connectivity index (χ3n) is 5.12. The number of ether oxygens (including phenoxy) is 1. The van der Waals surface area contributed by atoms with Gasteiger partial charge < -0.3 is 21.5 Å². The van der Waals surface area contributed by atoms with Gasteiger partial charge in [0, 0.05) is 35.8 Å². The zero-order valence-corrected chi connectivity index (χ0v) is 15.5. The molecule has 1 fully saturated rings. The second-order valence-electron chi connectivity index (χ2n) is 7.18. The number of nitrogens with zero attached hydrogens (tertiary/aromatic N) is 3. The van der Waals surface area contributed by atoms with Crippen LogP contribution in [0.5, 0.6) is 5.75 Å². The fraction of sp³-hybridized carbons (Fsp3) is 0.368. The molecular formula is C19H21F3N6O. The minimum Gasteiger partial charge on any atom is -0.406 e. The lowest BCUT2D eigenvalue weighted by molar-refractivity contribution is -0.274. The summed E-state index contributed by atoms with van der Waals surface area (Å²) in [7, 11) is 0. The van der Waals surface area contributed by atoms with Gasteiger partial charge in [0.2, 0.25) is 0 Å². The Morgan fingerprint density at radius 2 is 1.93 bits per heavy atom. The molecule has 1 aliphatic carbocycles. The largest absolute Gasteiger partial charge is 0.573 e. The molecule has 0 radical (unpaired) electrons. The summed E-state index contributed by atoms with van der Waals surface area (Å²) in [5.41, 5.74) is 14.7. The Kier molecular flexibility index (Phi) is 4.95. The van der Waals surface area contributed by atoms with Crippen molar-refractivity contribution >= 4 is 22.8 Å². The van der Waals surface area contributed by atoms with Crippen LogP contribution >= 0.6 is 0 Å². The number of nitrogens with two attached hydrogens (primary N) is 2. The third kappa shape index (κ3) is 4.21. The van der Waals surface area contributed by atoms with Crippen LogP contribution in [0.25, 0.3) is 5.65 Å². The molecule has 2 heterocycles. The predicted octanol–water partition coefficient (Wildman–Crippen LogP) is 3.94. The summed E-state index contributed by atoms with van der Waals surface area (Å²) < 4.78 is 43.3. The van der Waals surface area contributed by atoms with Crippen LogP contribution in [0.1, 0.15) is 37.2 Å². The van der Waals surface area contributed by atoms with Crippen molar-refractivity contribution in [3.63, 3.8) is 0 Å². The van der Waals surface area contributed by atoms with E-state index in [0.29, 0.717) is 22.8 Å². The number of benzene rings is 1. The SMILES string of the molecule is Nc1nn2ccnc2c(Nc2cccc(OC(F)(F)F)c2)c1C1CCC(N)CC1. The first-order valence-corrected chi connectivity index (χ1v) is 9.31. The normalized spacial score (nSPS) is 20.0. The molecule has 7 nitrogen and oxygen atoms in total. The number of aromatic nitrogens is 3. The van der Waals surface area contributed by atoms with E-state index in [2.05, 4.69) is 20.1 Å². The van der Waals surface area contributed by atoms with Crippen molar-refractivity contribution in [1.29, 1.82) is 0 Å². The first-order chi connectivity index (χ1) is 13.8. The quantitative estimate of drug-likeness (QED) is 0.606. The highest BCUT2D eigenvalue weighted by Gasteiger charge is 2.31. The Bertz CT molecular complexity index is 1010. The Balaban J connectivity index is 1.74. The molecular weight excluding hydrogens is 385 g/mol. The molecule has 2 aromatic heterocycles. The van der Waals surface area contributed by atoms with Crippen LogP contribution < -0.4 is 21.5 Å². The van der Waals surface area contributed by atoms with E-state index in [9.17, 15) is 13.2 Å². The van der Waals surface area contributed by atoms with Gasteiger partial charge in [0.15, 0.2) is 5.65 Å². The van der Waals surface area contributed by atoms with E-state index >= 15 is 0 Å². The number of rotatable bonds is 4. The fourth-order valence-corrected chi connectivity index (χ4v) is 3.83. The van der Waals surface area contributed by atoms with Gasteiger partial charge in [-0.2, -0.15) is 0 Å². The van der Waals surface area contributed by atoms with E-state index in [0.717, 1.165) is 31.2 Å². The second kappa shape index (κ2) is 7.43. The van der Waals surface area contributed by atoms with Crippen molar-refractivity contribution in [2.45, 2.75) is 44.0 Å². The lowest BCUT2D eigenvalue weighted by Gasteiger charge is -2.28. The summed E-state index contributed by atoms with van der Waals surface area (Å²) in [4.78, 5) is 4.35. The first kappa shape index (κ1) is 19.3. The molecule has 0 unspecified atom stereocenters. The Morgan fingerprint density at radius 3 is 2.66 bits per heavy atom. The molecule has 3 aromatic rings. The molecule has 0 spiro atoms. The third-order valence-corrected chi connectivity index (χ3v) is 5.12. The molecule has 0 aliphatic heterocycles. The highest BCUT2D eigenvalue weighted by molar-refractivity contribution is 5.81. The average molecular weight is 406 g/mol. The van der Waals surface area contributed by atoms with E-state index in [1.807, 2.05) is 0 Å². The molecule has 4 rings (SSSR count). The lowest BCUT2D eigenvalue weighted by atomic mass is 9.81. The standard InChI is InChI=1S/C19H21F3N6O/c20-19(21,22)29-14-3-1-2-13(10-14)26-16-15(11-4-6-12(23)7-5-11)17(24)27-28-9-8-25-18(16)28/h1-3,8-12,26H,4-7,23H2,(H2,24,27). The number of hydrogen-bond donors (Lipinski definition) is 3. The number of nitrogens with one attached hydrogen (secondary N) is 1. The number of nitrogen functional groups attached to an aromatic ring is 1. The number of anilines is 3. The van der Waals surface area contributed by atoms with E-state index in [-0.39, 0.29) is 17.7 Å². The van der Waals surface area contributed by atoms with Crippen molar-refractivity contribution in [3.05, 3.63) is 42.2 Å². The monoisotopic (exact) mass is 406 g/mol. The number of alkyl halides is 3. The highest BCUT2D eigenvalue weighted by atomic mass is 19.4. The molecule has 1 aromatic carbocycles. The van der Waals surface area contributed by atoms with Gasteiger partial charge in [-0.05, 0) is 43.7 Å². The van der Waals surface area contributed by atoms with Crippen LogP contribution in [0, 0.1) is 0 Å². The summed E-state index contributed by atoms with van der Waals surface area (Å²) in [6, 6.07) is 5.83. The highest BCUT2D eigenvalue weighted by Crippen LogP contribution is 2.41. The van der Waals surface area contributed by atoms with Crippen LogP contribution in [-0.4, -0.2) is 27.0 Å². The lowest BCUT2D eigenvalue weighted by Crippen LogP contribution is -2.26. The Labute approximate surface area is 164 Å². The summed E-state index contributed by atoms with van der Waals surface area (Å²) >= 11 is 0. The maximum atomic E-state index is 12.6. The van der Waals surface area contributed by atoms with E-state index in [4.69, 9.17) is 11.5 Å². The van der Waals surface area contributed by atoms with Crippen LogP contribution in [0.4, 0.5) is 30.4 Å². The van der Waals surface area contributed by atoms with E-state index < -0.39 is 6.36 Å².